The van der Waals surface area contributed by atoms with Crippen molar-refractivity contribution in [2.45, 2.75) is 25.1 Å². The molecule has 3 nitrogen and oxygen atoms in total. The van der Waals surface area contributed by atoms with Crippen molar-refractivity contribution in [2.24, 2.45) is 0 Å². The predicted octanol–water partition coefficient (Wildman–Crippen LogP) is 1.53. The van der Waals surface area contributed by atoms with Crippen LogP contribution < -0.4 is 5.32 Å². The fourth-order valence-corrected chi connectivity index (χ4v) is 1.55. The van der Waals surface area contributed by atoms with E-state index in [0.29, 0.717) is 0 Å². The van der Waals surface area contributed by atoms with Gasteiger partial charge in [0, 0.05) is 22.3 Å². The van der Waals surface area contributed by atoms with E-state index in [1.807, 2.05) is 19.1 Å². The van der Waals surface area contributed by atoms with E-state index < -0.39 is 10.8 Å². The highest BCUT2D eigenvalue weighted by atomic mass is 32.2. The third-order valence-corrected chi connectivity index (χ3v) is 3.54. The summed E-state index contributed by atoms with van der Waals surface area (Å²) in [5.74, 6) is 0.940. The molecular weight excluding hydrogens is 198 g/mol. The van der Waals surface area contributed by atoms with E-state index in [2.05, 4.69) is 5.32 Å². The Balaban J connectivity index is 2.08. The minimum absolute atomic E-state index is 0.263. The van der Waals surface area contributed by atoms with Crippen LogP contribution in [0, 0.1) is 0 Å². The van der Waals surface area contributed by atoms with Crippen molar-refractivity contribution in [3.05, 3.63) is 24.2 Å². The second-order valence-electron chi connectivity index (χ2n) is 3.35. The molecule has 0 saturated heterocycles. The van der Waals surface area contributed by atoms with Crippen molar-refractivity contribution in [1.29, 1.82) is 0 Å². The third kappa shape index (κ3) is 4.07. The molecule has 0 aliphatic rings. The average Bonchev–Trinajstić information content (AvgIpc) is 2.64. The summed E-state index contributed by atoms with van der Waals surface area (Å²) >= 11 is 0. The second-order valence-corrected chi connectivity index (χ2v) is 5.16. The Labute approximate surface area is 87.3 Å². The smallest absolute Gasteiger partial charge is 0.117 e. The molecule has 0 fully saturated rings. The molecule has 0 aliphatic heterocycles. The van der Waals surface area contributed by atoms with Crippen molar-refractivity contribution < 1.29 is 8.63 Å². The quantitative estimate of drug-likeness (QED) is 0.732. The van der Waals surface area contributed by atoms with Crippen molar-refractivity contribution >= 4 is 10.8 Å². The maximum Gasteiger partial charge on any atom is 0.117 e. The van der Waals surface area contributed by atoms with Crippen LogP contribution in [0.1, 0.15) is 19.1 Å². The van der Waals surface area contributed by atoms with Crippen LogP contribution in [0.3, 0.4) is 0 Å². The van der Waals surface area contributed by atoms with Gasteiger partial charge in [-0.1, -0.05) is 6.92 Å². The van der Waals surface area contributed by atoms with Crippen LogP contribution in [0.15, 0.2) is 22.8 Å². The fourth-order valence-electron chi connectivity index (χ4n) is 1.10. The molecule has 1 N–H and O–H groups in total. The van der Waals surface area contributed by atoms with Gasteiger partial charge in [0.15, 0.2) is 0 Å². The van der Waals surface area contributed by atoms with Crippen LogP contribution in [0.2, 0.25) is 0 Å². The van der Waals surface area contributed by atoms with Gasteiger partial charge < -0.3 is 9.73 Å². The van der Waals surface area contributed by atoms with E-state index in [-0.39, 0.29) is 5.25 Å². The van der Waals surface area contributed by atoms with Crippen LogP contribution in [-0.4, -0.2) is 22.3 Å². The highest BCUT2D eigenvalue weighted by molar-refractivity contribution is 7.84. The van der Waals surface area contributed by atoms with Crippen LogP contribution in [-0.2, 0) is 17.3 Å². The second kappa shape index (κ2) is 5.98. The number of nitrogens with one attached hydrogen (secondary N) is 1. The SMILES string of the molecule is CC(CCNCc1ccco1)S(C)=O. The van der Waals surface area contributed by atoms with E-state index in [4.69, 9.17) is 4.42 Å². The van der Waals surface area contributed by atoms with Crippen LogP contribution in [0.4, 0.5) is 0 Å². The topological polar surface area (TPSA) is 42.2 Å². The van der Waals surface area contributed by atoms with Crippen LogP contribution in [0.25, 0.3) is 0 Å². The molecule has 80 valence electrons. The average molecular weight is 215 g/mol. The lowest BCUT2D eigenvalue weighted by atomic mass is 10.3. The van der Waals surface area contributed by atoms with Gasteiger partial charge in [-0.3, -0.25) is 4.21 Å². The minimum atomic E-state index is -0.714. The fraction of sp³-hybridized carbons (Fsp3) is 0.600. The van der Waals surface area contributed by atoms with Gasteiger partial charge in [-0.15, -0.1) is 0 Å². The predicted molar refractivity (Wildman–Crippen MR) is 58.6 cm³/mol. The summed E-state index contributed by atoms with van der Waals surface area (Å²) in [6.45, 7) is 3.63. The summed E-state index contributed by atoms with van der Waals surface area (Å²) in [5, 5.41) is 3.51. The summed E-state index contributed by atoms with van der Waals surface area (Å²) in [5.41, 5.74) is 0. The van der Waals surface area contributed by atoms with Crippen molar-refractivity contribution in [3.8, 4) is 0 Å². The number of rotatable bonds is 6. The molecule has 0 amide bonds. The first-order valence-corrected chi connectivity index (χ1v) is 6.37. The minimum Gasteiger partial charge on any atom is -0.468 e. The molecule has 0 aromatic carbocycles. The van der Waals surface area contributed by atoms with Crippen LogP contribution >= 0.6 is 0 Å². The van der Waals surface area contributed by atoms with Crippen molar-refractivity contribution in [2.75, 3.05) is 12.8 Å². The molecule has 1 aromatic rings. The molecule has 2 unspecified atom stereocenters. The molecular formula is C10H17NO2S. The summed E-state index contributed by atoms with van der Waals surface area (Å²) in [6.07, 6.45) is 4.35. The summed E-state index contributed by atoms with van der Waals surface area (Å²) < 4.78 is 16.2. The Morgan fingerprint density at radius 1 is 1.64 bits per heavy atom. The van der Waals surface area contributed by atoms with Gasteiger partial charge in [-0.05, 0) is 25.1 Å². The highest BCUT2D eigenvalue weighted by Crippen LogP contribution is 2.00. The standard InChI is InChI=1S/C10H17NO2S/c1-9(14(2)12)5-6-11-8-10-4-3-7-13-10/h3-4,7,9,11H,5-6,8H2,1-2H3. The Morgan fingerprint density at radius 2 is 2.43 bits per heavy atom. The highest BCUT2D eigenvalue weighted by Gasteiger charge is 2.04. The number of hydrogen-bond donors (Lipinski definition) is 1. The zero-order valence-corrected chi connectivity index (χ0v) is 9.47. The molecule has 0 bridgehead atoms. The molecule has 0 aliphatic carbocycles. The third-order valence-electron chi connectivity index (χ3n) is 2.17. The zero-order chi connectivity index (χ0) is 10.4. The van der Waals surface area contributed by atoms with E-state index >= 15 is 0 Å². The van der Waals surface area contributed by atoms with Crippen molar-refractivity contribution in [3.63, 3.8) is 0 Å². The largest absolute Gasteiger partial charge is 0.468 e. The van der Waals surface area contributed by atoms with Gasteiger partial charge in [-0.2, -0.15) is 0 Å². The lowest BCUT2D eigenvalue weighted by molar-refractivity contribution is 0.480. The van der Waals surface area contributed by atoms with Gasteiger partial charge >= 0.3 is 0 Å². The van der Waals surface area contributed by atoms with E-state index in [9.17, 15) is 4.21 Å². The monoisotopic (exact) mass is 215 g/mol. The molecule has 0 spiro atoms. The normalized spacial score (nSPS) is 15.3. The van der Waals surface area contributed by atoms with Gasteiger partial charge in [0.1, 0.15) is 5.76 Å². The number of hydrogen-bond acceptors (Lipinski definition) is 3. The molecule has 0 radical (unpaired) electrons. The zero-order valence-electron chi connectivity index (χ0n) is 8.66. The first kappa shape index (κ1) is 11.5. The lowest BCUT2D eigenvalue weighted by Gasteiger charge is -2.07. The van der Waals surface area contributed by atoms with Crippen LogP contribution in [0.5, 0.6) is 0 Å². The lowest BCUT2D eigenvalue weighted by Crippen LogP contribution is -2.20. The first-order valence-electron chi connectivity index (χ1n) is 4.75. The van der Waals surface area contributed by atoms with E-state index in [1.54, 1.807) is 12.5 Å². The van der Waals surface area contributed by atoms with Gasteiger partial charge in [-0.25, -0.2) is 0 Å². The Kier molecular flexibility index (Phi) is 4.90. The molecule has 1 aromatic heterocycles. The van der Waals surface area contributed by atoms with Gasteiger partial charge in [0.25, 0.3) is 0 Å². The number of furan rings is 1. The molecule has 1 rings (SSSR count). The summed E-state index contributed by atoms with van der Waals surface area (Å²) in [7, 11) is -0.714. The Hall–Kier alpha value is -0.610. The summed E-state index contributed by atoms with van der Waals surface area (Å²) in [6, 6.07) is 3.81. The van der Waals surface area contributed by atoms with E-state index in [0.717, 1.165) is 25.3 Å². The van der Waals surface area contributed by atoms with Gasteiger partial charge in [0.2, 0.25) is 0 Å². The van der Waals surface area contributed by atoms with E-state index in [1.165, 1.54) is 0 Å². The maximum absolute atomic E-state index is 11.0. The Bertz CT molecular complexity index is 272. The molecule has 2 atom stereocenters. The van der Waals surface area contributed by atoms with Crippen molar-refractivity contribution in [1.82, 2.24) is 5.32 Å². The molecule has 14 heavy (non-hydrogen) atoms. The first-order chi connectivity index (χ1) is 6.70. The molecule has 0 saturated carbocycles. The molecule has 4 heteroatoms. The Morgan fingerprint density at radius 3 is 3.00 bits per heavy atom. The van der Waals surface area contributed by atoms with Gasteiger partial charge in [0.05, 0.1) is 12.8 Å². The molecule has 1 heterocycles. The summed E-state index contributed by atoms with van der Waals surface area (Å²) in [4.78, 5) is 0. The maximum atomic E-state index is 11.0.